The molecule has 2 aliphatic carbocycles. The van der Waals surface area contributed by atoms with Crippen LogP contribution in [0.3, 0.4) is 0 Å². The van der Waals surface area contributed by atoms with Crippen LogP contribution in [0.5, 0.6) is 0 Å². The molecular weight excluding hydrogens is 404 g/mol. The molecule has 29 heavy (non-hydrogen) atoms. The van der Waals surface area contributed by atoms with Crippen molar-refractivity contribution in [2.45, 2.75) is 38.5 Å². The van der Waals surface area contributed by atoms with Gasteiger partial charge in [-0.05, 0) is 80.1 Å². The van der Waals surface area contributed by atoms with Gasteiger partial charge in [-0.3, -0.25) is 9.48 Å². The molecule has 2 aliphatic rings. The molecule has 0 saturated heterocycles. The van der Waals surface area contributed by atoms with E-state index in [2.05, 4.69) is 16.7 Å². The SMILES string of the molecule is CSCC1CC2CC(c3nn(C)c(N)c3C(=O)Nc3ccc(C)c(Cl)c3)CC2C1. The first-order valence-electron chi connectivity index (χ1n) is 10.3. The topological polar surface area (TPSA) is 72.9 Å². The molecule has 0 radical (unpaired) electrons. The lowest BCUT2D eigenvalue weighted by Gasteiger charge is -2.14. The maximum Gasteiger partial charge on any atom is 0.261 e. The van der Waals surface area contributed by atoms with Crippen LogP contribution in [0.25, 0.3) is 0 Å². The van der Waals surface area contributed by atoms with Gasteiger partial charge in [0.05, 0.1) is 5.69 Å². The number of halogens is 1. The molecule has 2 saturated carbocycles. The Bertz CT molecular complexity index is 914. The smallest absolute Gasteiger partial charge is 0.261 e. The monoisotopic (exact) mass is 432 g/mol. The van der Waals surface area contributed by atoms with Crippen molar-refractivity contribution in [2.75, 3.05) is 23.1 Å². The average Bonchev–Trinajstić information content (AvgIpc) is 3.30. The van der Waals surface area contributed by atoms with Crippen molar-refractivity contribution in [3.63, 3.8) is 0 Å². The van der Waals surface area contributed by atoms with E-state index in [1.54, 1.807) is 10.7 Å². The summed E-state index contributed by atoms with van der Waals surface area (Å²) in [6, 6.07) is 5.53. The Labute approximate surface area is 181 Å². The molecule has 5 nitrogen and oxygen atoms in total. The molecule has 7 heteroatoms. The van der Waals surface area contributed by atoms with E-state index >= 15 is 0 Å². The Hall–Kier alpha value is -1.66. The molecule has 2 aromatic rings. The number of nitrogens with two attached hydrogens (primary N) is 1. The van der Waals surface area contributed by atoms with Gasteiger partial charge >= 0.3 is 0 Å². The quantitative estimate of drug-likeness (QED) is 0.689. The first-order chi connectivity index (χ1) is 13.9. The summed E-state index contributed by atoms with van der Waals surface area (Å²) < 4.78 is 1.64. The van der Waals surface area contributed by atoms with Gasteiger partial charge in [0, 0.05) is 23.7 Å². The highest BCUT2D eigenvalue weighted by molar-refractivity contribution is 7.98. The highest BCUT2D eigenvalue weighted by Crippen LogP contribution is 2.53. The maximum absolute atomic E-state index is 13.1. The summed E-state index contributed by atoms with van der Waals surface area (Å²) >= 11 is 8.16. The van der Waals surface area contributed by atoms with Crippen molar-refractivity contribution in [1.29, 1.82) is 0 Å². The zero-order chi connectivity index (χ0) is 20.7. The molecule has 1 heterocycles. The fourth-order valence-corrected chi connectivity index (χ4v) is 6.20. The molecule has 1 aromatic carbocycles. The van der Waals surface area contributed by atoms with Gasteiger partial charge in [0.2, 0.25) is 0 Å². The lowest BCUT2D eigenvalue weighted by atomic mass is 9.94. The molecule has 0 bridgehead atoms. The Morgan fingerprint density at radius 2 is 2.00 bits per heavy atom. The highest BCUT2D eigenvalue weighted by Gasteiger charge is 2.43. The number of hydrogen-bond acceptors (Lipinski definition) is 4. The van der Waals surface area contributed by atoms with E-state index in [-0.39, 0.29) is 5.91 Å². The fraction of sp³-hybridized carbons (Fsp3) is 0.545. The molecular formula is C22H29ClN4OS. The second-order valence-electron chi connectivity index (χ2n) is 8.67. The standard InChI is InChI=1S/C22H29ClN4OS/c1-12-4-5-17(10-18(12)23)25-22(28)19-20(26-27(2)21(19)24)16-8-14-6-13(11-29-3)7-15(14)9-16/h4-5,10,13-16H,6-9,11,24H2,1-3H3,(H,25,28). The van der Waals surface area contributed by atoms with Crippen LogP contribution in [-0.2, 0) is 7.05 Å². The third-order valence-electron chi connectivity index (χ3n) is 6.68. The van der Waals surface area contributed by atoms with Crippen LogP contribution in [0.4, 0.5) is 11.5 Å². The van der Waals surface area contributed by atoms with Crippen LogP contribution >= 0.6 is 23.4 Å². The average molecular weight is 433 g/mol. The van der Waals surface area contributed by atoms with Gasteiger partial charge in [0.25, 0.3) is 5.91 Å². The van der Waals surface area contributed by atoms with Gasteiger partial charge in [-0.25, -0.2) is 0 Å². The number of carbonyl (C=O) groups is 1. The van der Waals surface area contributed by atoms with Crippen LogP contribution in [0, 0.1) is 24.7 Å². The number of amides is 1. The van der Waals surface area contributed by atoms with E-state index in [9.17, 15) is 4.79 Å². The number of hydrogen-bond donors (Lipinski definition) is 2. The van der Waals surface area contributed by atoms with E-state index in [4.69, 9.17) is 17.3 Å². The summed E-state index contributed by atoms with van der Waals surface area (Å²) in [5.41, 5.74) is 9.29. The van der Waals surface area contributed by atoms with Gasteiger partial charge in [-0.1, -0.05) is 17.7 Å². The molecule has 0 spiro atoms. The zero-order valence-electron chi connectivity index (χ0n) is 17.2. The van der Waals surface area contributed by atoms with Crippen LogP contribution in [0.15, 0.2) is 18.2 Å². The maximum atomic E-state index is 13.1. The Kier molecular flexibility index (Phi) is 5.85. The van der Waals surface area contributed by atoms with E-state index in [1.165, 1.54) is 18.6 Å². The summed E-state index contributed by atoms with van der Waals surface area (Å²) in [4.78, 5) is 13.1. The number of aryl methyl sites for hydroxylation is 2. The number of rotatable bonds is 5. The number of nitrogens with one attached hydrogen (secondary N) is 1. The zero-order valence-corrected chi connectivity index (χ0v) is 18.8. The van der Waals surface area contributed by atoms with E-state index in [0.29, 0.717) is 28.0 Å². The molecule has 156 valence electrons. The minimum atomic E-state index is -0.206. The molecule has 0 aliphatic heterocycles. The number of anilines is 2. The number of benzene rings is 1. The number of nitrogens with zero attached hydrogens (tertiary/aromatic N) is 2. The van der Waals surface area contributed by atoms with Crippen molar-refractivity contribution >= 4 is 40.8 Å². The number of aromatic nitrogens is 2. The van der Waals surface area contributed by atoms with Crippen LogP contribution in [0.1, 0.15) is 53.2 Å². The minimum Gasteiger partial charge on any atom is -0.383 e. The molecule has 1 amide bonds. The number of nitrogen functional groups attached to an aromatic ring is 1. The number of fused-ring (bicyclic) bond motifs is 1. The largest absolute Gasteiger partial charge is 0.383 e. The number of thioether (sulfide) groups is 1. The summed E-state index contributed by atoms with van der Waals surface area (Å²) in [6.45, 7) is 1.94. The summed E-state index contributed by atoms with van der Waals surface area (Å²) in [6.07, 6.45) is 7.05. The normalized spacial score (nSPS) is 25.9. The Morgan fingerprint density at radius 1 is 1.31 bits per heavy atom. The van der Waals surface area contributed by atoms with Gasteiger partial charge < -0.3 is 11.1 Å². The van der Waals surface area contributed by atoms with Crippen molar-refractivity contribution in [1.82, 2.24) is 9.78 Å². The third-order valence-corrected chi connectivity index (χ3v) is 7.89. The van der Waals surface area contributed by atoms with Crippen molar-refractivity contribution in [3.05, 3.63) is 40.0 Å². The van der Waals surface area contributed by atoms with E-state index in [1.807, 2.05) is 37.9 Å². The Morgan fingerprint density at radius 3 is 2.62 bits per heavy atom. The van der Waals surface area contributed by atoms with E-state index in [0.717, 1.165) is 41.9 Å². The lowest BCUT2D eigenvalue weighted by molar-refractivity contribution is 0.102. The Balaban J connectivity index is 1.53. The minimum absolute atomic E-state index is 0.206. The van der Waals surface area contributed by atoms with Crippen LogP contribution in [-0.4, -0.2) is 27.7 Å². The fourth-order valence-electron chi connectivity index (χ4n) is 5.28. The molecule has 3 N–H and O–H groups in total. The van der Waals surface area contributed by atoms with Gasteiger partial charge in [0.15, 0.2) is 0 Å². The molecule has 2 atom stereocenters. The summed E-state index contributed by atoms with van der Waals surface area (Å²) in [5.74, 6) is 4.16. The van der Waals surface area contributed by atoms with Gasteiger partial charge in [-0.2, -0.15) is 16.9 Å². The molecule has 2 unspecified atom stereocenters. The van der Waals surface area contributed by atoms with E-state index < -0.39 is 0 Å². The first kappa shape index (κ1) is 20.6. The lowest BCUT2D eigenvalue weighted by Crippen LogP contribution is -2.16. The highest BCUT2D eigenvalue weighted by atomic mass is 35.5. The molecule has 2 fully saturated rings. The first-order valence-corrected chi connectivity index (χ1v) is 12.0. The predicted octanol–water partition coefficient (Wildman–Crippen LogP) is 5.10. The van der Waals surface area contributed by atoms with Crippen molar-refractivity contribution in [3.8, 4) is 0 Å². The molecule has 4 rings (SSSR count). The van der Waals surface area contributed by atoms with Crippen molar-refractivity contribution in [2.24, 2.45) is 24.8 Å². The number of carbonyl (C=O) groups excluding carboxylic acids is 1. The summed E-state index contributed by atoms with van der Waals surface area (Å²) in [7, 11) is 1.81. The predicted molar refractivity (Wildman–Crippen MR) is 122 cm³/mol. The van der Waals surface area contributed by atoms with Crippen molar-refractivity contribution < 1.29 is 4.79 Å². The van der Waals surface area contributed by atoms with Gasteiger partial charge in [0.1, 0.15) is 11.4 Å². The summed E-state index contributed by atoms with van der Waals surface area (Å²) in [5, 5.41) is 8.26. The van der Waals surface area contributed by atoms with Crippen LogP contribution in [0.2, 0.25) is 5.02 Å². The van der Waals surface area contributed by atoms with Gasteiger partial charge in [-0.15, -0.1) is 0 Å². The second-order valence-corrected chi connectivity index (χ2v) is 9.99. The third kappa shape index (κ3) is 4.02. The van der Waals surface area contributed by atoms with Crippen LogP contribution < -0.4 is 11.1 Å². The second kappa shape index (κ2) is 8.23. The molecule has 1 aromatic heterocycles.